The standard InChI is InChI=1S/C21H21NO2S/c1-2-13-5-7-14(8-6-13)16-12-20(24)22-17-10-15(11-18(23)21(16)17)19-4-3-9-25-19/h3-9,15-16H,2,10-12H2,1H3,(H,22,24)/t15-,16-/m1/s1. The Labute approximate surface area is 151 Å². The maximum absolute atomic E-state index is 12.9. The molecule has 2 heterocycles. The predicted octanol–water partition coefficient (Wildman–Crippen LogP) is 4.31. The second kappa shape index (κ2) is 6.60. The molecule has 1 aliphatic carbocycles. The van der Waals surface area contributed by atoms with Gasteiger partial charge >= 0.3 is 0 Å². The number of ketones is 1. The molecule has 4 rings (SSSR count). The molecular formula is C21H21NO2S. The van der Waals surface area contributed by atoms with Crippen molar-refractivity contribution in [2.45, 2.75) is 44.4 Å². The number of hydrogen-bond acceptors (Lipinski definition) is 3. The fraction of sp³-hybridized carbons (Fsp3) is 0.333. The van der Waals surface area contributed by atoms with Gasteiger partial charge in [0, 0.05) is 40.8 Å². The van der Waals surface area contributed by atoms with E-state index in [1.165, 1.54) is 10.4 Å². The lowest BCUT2D eigenvalue weighted by atomic mass is 9.74. The van der Waals surface area contributed by atoms with Gasteiger partial charge in [-0.05, 0) is 35.4 Å². The Morgan fingerprint density at radius 1 is 1.08 bits per heavy atom. The molecule has 0 fully saturated rings. The minimum atomic E-state index is -0.105. The van der Waals surface area contributed by atoms with E-state index in [1.807, 2.05) is 11.4 Å². The lowest BCUT2D eigenvalue weighted by molar-refractivity contribution is -0.122. The number of carbonyl (C=O) groups is 2. The number of aryl methyl sites for hydroxylation is 1. The first-order valence-corrected chi connectivity index (χ1v) is 9.72. The zero-order valence-corrected chi connectivity index (χ0v) is 15.1. The minimum Gasteiger partial charge on any atom is -0.329 e. The van der Waals surface area contributed by atoms with Crippen molar-refractivity contribution in [1.29, 1.82) is 0 Å². The highest BCUT2D eigenvalue weighted by Gasteiger charge is 2.38. The lowest BCUT2D eigenvalue weighted by Gasteiger charge is -2.34. The summed E-state index contributed by atoms with van der Waals surface area (Å²) in [4.78, 5) is 26.4. The van der Waals surface area contributed by atoms with E-state index in [-0.39, 0.29) is 23.5 Å². The van der Waals surface area contributed by atoms with Crippen molar-refractivity contribution >= 4 is 23.0 Å². The van der Waals surface area contributed by atoms with E-state index >= 15 is 0 Å². The van der Waals surface area contributed by atoms with E-state index < -0.39 is 0 Å². The number of rotatable bonds is 3. The molecule has 0 radical (unpaired) electrons. The molecule has 0 unspecified atom stereocenters. The summed E-state index contributed by atoms with van der Waals surface area (Å²) in [5.41, 5.74) is 4.01. The van der Waals surface area contributed by atoms with Gasteiger partial charge in [-0.25, -0.2) is 0 Å². The van der Waals surface area contributed by atoms with Crippen LogP contribution in [0.15, 0.2) is 53.0 Å². The van der Waals surface area contributed by atoms with Crippen LogP contribution in [0, 0.1) is 0 Å². The molecule has 2 aromatic rings. The molecule has 0 spiro atoms. The van der Waals surface area contributed by atoms with Crippen LogP contribution in [0.1, 0.15) is 54.0 Å². The van der Waals surface area contributed by atoms with E-state index in [1.54, 1.807) is 11.3 Å². The molecule has 0 bridgehead atoms. The van der Waals surface area contributed by atoms with E-state index in [2.05, 4.69) is 42.6 Å². The maximum atomic E-state index is 12.9. The van der Waals surface area contributed by atoms with Crippen molar-refractivity contribution in [3.63, 3.8) is 0 Å². The molecule has 1 N–H and O–H groups in total. The summed E-state index contributed by atoms with van der Waals surface area (Å²) in [5, 5.41) is 5.03. The third-order valence-corrected chi connectivity index (χ3v) is 6.31. The first kappa shape index (κ1) is 16.3. The monoisotopic (exact) mass is 351 g/mol. The molecule has 1 amide bonds. The fourth-order valence-corrected chi connectivity index (χ4v) is 4.79. The van der Waals surface area contributed by atoms with Gasteiger partial charge in [0.05, 0.1) is 0 Å². The van der Waals surface area contributed by atoms with Crippen molar-refractivity contribution in [1.82, 2.24) is 5.32 Å². The normalized spacial score (nSPS) is 23.4. The minimum absolute atomic E-state index is 0.0166. The number of thiophene rings is 1. The van der Waals surface area contributed by atoms with Crippen LogP contribution in [0.5, 0.6) is 0 Å². The summed E-state index contributed by atoms with van der Waals surface area (Å²) in [6, 6.07) is 12.5. The average Bonchev–Trinajstić information content (AvgIpc) is 3.15. The van der Waals surface area contributed by atoms with Crippen LogP contribution in [0.2, 0.25) is 0 Å². The highest BCUT2D eigenvalue weighted by molar-refractivity contribution is 7.10. The number of nitrogens with one attached hydrogen (secondary N) is 1. The molecular weight excluding hydrogens is 330 g/mol. The van der Waals surface area contributed by atoms with Gasteiger partial charge in [-0.3, -0.25) is 9.59 Å². The molecule has 1 aromatic heterocycles. The van der Waals surface area contributed by atoms with Crippen molar-refractivity contribution in [2.75, 3.05) is 0 Å². The van der Waals surface area contributed by atoms with E-state index in [4.69, 9.17) is 0 Å². The zero-order chi connectivity index (χ0) is 17.4. The van der Waals surface area contributed by atoms with Gasteiger partial charge in [0.25, 0.3) is 0 Å². The third kappa shape index (κ3) is 3.07. The summed E-state index contributed by atoms with van der Waals surface area (Å²) >= 11 is 1.69. The Morgan fingerprint density at radius 3 is 2.56 bits per heavy atom. The number of amides is 1. The van der Waals surface area contributed by atoms with Crippen molar-refractivity contribution in [3.05, 3.63) is 69.1 Å². The first-order valence-electron chi connectivity index (χ1n) is 8.84. The molecule has 25 heavy (non-hydrogen) atoms. The number of Topliss-reactive ketones (excluding diaryl/α,β-unsaturated/α-hetero) is 1. The van der Waals surface area contributed by atoms with Crippen molar-refractivity contribution in [3.8, 4) is 0 Å². The number of allylic oxidation sites excluding steroid dienone is 2. The largest absolute Gasteiger partial charge is 0.329 e. The molecule has 4 heteroatoms. The lowest BCUT2D eigenvalue weighted by Crippen LogP contribution is -2.38. The van der Waals surface area contributed by atoms with Crippen LogP contribution in [0.3, 0.4) is 0 Å². The highest BCUT2D eigenvalue weighted by atomic mass is 32.1. The molecule has 1 aliphatic heterocycles. The van der Waals surface area contributed by atoms with Crippen LogP contribution < -0.4 is 5.32 Å². The van der Waals surface area contributed by atoms with Gasteiger partial charge < -0.3 is 5.32 Å². The van der Waals surface area contributed by atoms with Gasteiger partial charge in [-0.1, -0.05) is 37.3 Å². The third-order valence-electron chi connectivity index (χ3n) is 5.27. The van der Waals surface area contributed by atoms with Crippen LogP contribution in [-0.4, -0.2) is 11.7 Å². The summed E-state index contributed by atoms with van der Waals surface area (Å²) < 4.78 is 0. The Kier molecular flexibility index (Phi) is 4.30. The fourth-order valence-electron chi connectivity index (χ4n) is 3.96. The van der Waals surface area contributed by atoms with Gasteiger partial charge in [0.1, 0.15) is 0 Å². The maximum Gasteiger partial charge on any atom is 0.225 e. The highest BCUT2D eigenvalue weighted by Crippen LogP contribution is 2.43. The van der Waals surface area contributed by atoms with Gasteiger partial charge in [-0.2, -0.15) is 0 Å². The molecule has 3 nitrogen and oxygen atoms in total. The number of hydrogen-bond donors (Lipinski definition) is 1. The average molecular weight is 351 g/mol. The van der Waals surface area contributed by atoms with Crippen LogP contribution >= 0.6 is 11.3 Å². The van der Waals surface area contributed by atoms with Gasteiger partial charge in [0.15, 0.2) is 5.78 Å². The number of carbonyl (C=O) groups excluding carboxylic acids is 2. The Bertz CT molecular complexity index is 833. The molecule has 1 aromatic carbocycles. The van der Waals surface area contributed by atoms with E-state index in [0.29, 0.717) is 12.8 Å². The zero-order valence-electron chi connectivity index (χ0n) is 14.2. The summed E-state index contributed by atoms with van der Waals surface area (Å²) in [6.45, 7) is 2.12. The van der Waals surface area contributed by atoms with Gasteiger partial charge in [-0.15, -0.1) is 11.3 Å². The quantitative estimate of drug-likeness (QED) is 0.895. The SMILES string of the molecule is CCc1ccc([C@H]2CC(=O)NC3=C2C(=O)C[C@H](c2cccs2)C3)cc1. The van der Waals surface area contributed by atoms with Gasteiger partial charge in [0.2, 0.25) is 5.91 Å². The topological polar surface area (TPSA) is 46.2 Å². The summed E-state index contributed by atoms with van der Waals surface area (Å²) in [5.74, 6) is 0.284. The molecule has 2 atom stereocenters. The first-order chi connectivity index (χ1) is 12.2. The van der Waals surface area contributed by atoms with Crippen molar-refractivity contribution < 1.29 is 9.59 Å². The van der Waals surface area contributed by atoms with Crippen LogP contribution in [0.4, 0.5) is 0 Å². The summed E-state index contributed by atoms with van der Waals surface area (Å²) in [7, 11) is 0. The van der Waals surface area contributed by atoms with Crippen LogP contribution in [-0.2, 0) is 16.0 Å². The van der Waals surface area contributed by atoms with Crippen LogP contribution in [0.25, 0.3) is 0 Å². The predicted molar refractivity (Wildman–Crippen MR) is 99.6 cm³/mol. The number of benzene rings is 1. The second-order valence-electron chi connectivity index (χ2n) is 6.84. The second-order valence-corrected chi connectivity index (χ2v) is 7.82. The summed E-state index contributed by atoms with van der Waals surface area (Å²) in [6.07, 6.45) is 2.64. The van der Waals surface area contributed by atoms with E-state index in [0.717, 1.165) is 29.7 Å². The van der Waals surface area contributed by atoms with Crippen molar-refractivity contribution in [2.24, 2.45) is 0 Å². The Morgan fingerprint density at radius 2 is 1.88 bits per heavy atom. The Hall–Kier alpha value is -2.20. The molecule has 128 valence electrons. The molecule has 0 saturated heterocycles. The molecule has 0 saturated carbocycles. The molecule has 2 aliphatic rings. The smallest absolute Gasteiger partial charge is 0.225 e. The van der Waals surface area contributed by atoms with E-state index in [9.17, 15) is 9.59 Å². The Balaban J connectivity index is 1.70.